The van der Waals surface area contributed by atoms with E-state index >= 15 is 0 Å². The molecule has 6 atom stereocenters. The summed E-state index contributed by atoms with van der Waals surface area (Å²) in [6, 6.07) is 0. The van der Waals surface area contributed by atoms with Crippen molar-refractivity contribution < 1.29 is 0 Å². The molecule has 0 bridgehead atoms. The topological polar surface area (TPSA) is 0 Å². The maximum Gasteiger partial charge on any atom is -0.00622 e. The molecule has 0 N–H and O–H groups in total. The van der Waals surface area contributed by atoms with E-state index < -0.39 is 0 Å². The van der Waals surface area contributed by atoms with Crippen molar-refractivity contribution in [3.63, 3.8) is 0 Å². The highest BCUT2D eigenvalue weighted by atomic mass is 14.6. The average Bonchev–Trinajstić information content (AvgIpc) is 3.20. The first-order valence-electron chi connectivity index (χ1n) is 10.4. The fraction of sp³-hybridized carbons (Fsp3) is 0.909. The maximum atomic E-state index is 4.53. The largest absolute Gasteiger partial charge is 0.0993 e. The second-order valence-electron chi connectivity index (χ2n) is 9.87. The highest BCUT2D eigenvalue weighted by Gasteiger charge is 2.58. The zero-order valence-corrected chi connectivity index (χ0v) is 14.6. The third kappa shape index (κ3) is 1.76. The molecular weight excluding hydrogens is 264 g/mol. The van der Waals surface area contributed by atoms with Gasteiger partial charge in [-0.3, -0.25) is 0 Å². The average molecular weight is 299 g/mol. The van der Waals surface area contributed by atoms with Gasteiger partial charge in [0.05, 0.1) is 0 Å². The van der Waals surface area contributed by atoms with Crippen molar-refractivity contribution in [3.05, 3.63) is 12.2 Å². The van der Waals surface area contributed by atoms with Gasteiger partial charge in [0, 0.05) is 0 Å². The van der Waals surface area contributed by atoms with Crippen LogP contribution in [0.5, 0.6) is 0 Å². The molecule has 5 fully saturated rings. The van der Waals surface area contributed by atoms with E-state index in [-0.39, 0.29) is 0 Å². The molecule has 5 aliphatic rings. The van der Waals surface area contributed by atoms with E-state index in [1.165, 1.54) is 25.7 Å². The van der Waals surface area contributed by atoms with E-state index in [1.54, 1.807) is 56.9 Å². The van der Waals surface area contributed by atoms with Crippen molar-refractivity contribution in [3.8, 4) is 0 Å². The van der Waals surface area contributed by atoms with Gasteiger partial charge >= 0.3 is 0 Å². The Morgan fingerprint density at radius 2 is 1.73 bits per heavy atom. The number of hydrogen-bond donors (Lipinski definition) is 0. The van der Waals surface area contributed by atoms with Crippen LogP contribution in [-0.4, -0.2) is 0 Å². The molecule has 5 saturated carbocycles. The van der Waals surface area contributed by atoms with Crippen LogP contribution >= 0.6 is 0 Å². The summed E-state index contributed by atoms with van der Waals surface area (Å²) in [4.78, 5) is 0. The zero-order chi connectivity index (χ0) is 14.9. The quantitative estimate of drug-likeness (QED) is 0.494. The van der Waals surface area contributed by atoms with Gasteiger partial charge in [0.2, 0.25) is 0 Å². The molecule has 0 saturated heterocycles. The molecule has 0 aromatic heterocycles. The van der Waals surface area contributed by atoms with Crippen LogP contribution in [-0.2, 0) is 0 Å². The predicted molar refractivity (Wildman–Crippen MR) is 92.5 cm³/mol. The fourth-order valence-electron chi connectivity index (χ4n) is 8.11. The van der Waals surface area contributed by atoms with Crippen LogP contribution in [0.15, 0.2) is 12.2 Å². The van der Waals surface area contributed by atoms with Crippen molar-refractivity contribution in [2.75, 3.05) is 0 Å². The van der Waals surface area contributed by atoms with Gasteiger partial charge in [-0.1, -0.05) is 19.1 Å². The first kappa shape index (κ1) is 14.1. The summed E-state index contributed by atoms with van der Waals surface area (Å²) >= 11 is 0. The van der Waals surface area contributed by atoms with Gasteiger partial charge in [0.15, 0.2) is 0 Å². The predicted octanol–water partition coefficient (Wildman–Crippen LogP) is 6.37. The fourth-order valence-corrected chi connectivity index (χ4v) is 8.11. The van der Waals surface area contributed by atoms with Crippen LogP contribution in [0.1, 0.15) is 84.0 Å². The van der Waals surface area contributed by atoms with E-state index in [9.17, 15) is 0 Å². The SMILES string of the molecule is C=C1CCC2C3CCC4CC5(CCC4C3CCC12CC)CC5. The Labute approximate surface area is 137 Å². The Balaban J connectivity index is 1.40. The molecule has 6 unspecified atom stereocenters. The molecule has 22 heavy (non-hydrogen) atoms. The van der Waals surface area contributed by atoms with Gasteiger partial charge in [-0.25, -0.2) is 0 Å². The normalized spacial score (nSPS) is 52.0. The first-order valence-corrected chi connectivity index (χ1v) is 10.4. The molecule has 0 aliphatic heterocycles. The van der Waals surface area contributed by atoms with E-state index in [2.05, 4.69) is 13.5 Å². The van der Waals surface area contributed by atoms with Crippen LogP contribution in [0, 0.1) is 40.4 Å². The van der Waals surface area contributed by atoms with Crippen molar-refractivity contribution in [1.82, 2.24) is 0 Å². The smallest absolute Gasteiger partial charge is 0.00622 e. The standard InChI is InChI=1S/C22H34/c1-3-22-11-9-18-17-8-10-21(12-13-21)14-16(17)5-6-19(18)20(22)7-4-15(22)2/h16-20H,2-14H2,1H3. The van der Waals surface area contributed by atoms with Crippen LogP contribution in [0.4, 0.5) is 0 Å². The van der Waals surface area contributed by atoms with Crippen molar-refractivity contribution in [1.29, 1.82) is 0 Å². The minimum absolute atomic E-state index is 0.570. The van der Waals surface area contributed by atoms with Crippen LogP contribution < -0.4 is 0 Å². The highest BCUT2D eigenvalue weighted by molar-refractivity contribution is 5.22. The van der Waals surface area contributed by atoms with Crippen molar-refractivity contribution >= 4 is 0 Å². The minimum Gasteiger partial charge on any atom is -0.0993 e. The molecule has 0 amide bonds. The number of rotatable bonds is 1. The lowest BCUT2D eigenvalue weighted by Gasteiger charge is -2.56. The minimum atomic E-state index is 0.570. The van der Waals surface area contributed by atoms with E-state index in [4.69, 9.17) is 0 Å². The lowest BCUT2D eigenvalue weighted by atomic mass is 9.49. The van der Waals surface area contributed by atoms with Gasteiger partial charge in [0.25, 0.3) is 0 Å². The molecule has 122 valence electrons. The summed E-state index contributed by atoms with van der Waals surface area (Å²) in [5, 5.41) is 0. The monoisotopic (exact) mass is 298 g/mol. The van der Waals surface area contributed by atoms with E-state index in [0.29, 0.717) is 5.41 Å². The van der Waals surface area contributed by atoms with E-state index in [1.807, 2.05) is 0 Å². The van der Waals surface area contributed by atoms with Crippen LogP contribution in [0.3, 0.4) is 0 Å². The number of hydrogen-bond acceptors (Lipinski definition) is 0. The lowest BCUT2D eigenvalue weighted by molar-refractivity contribution is -0.0569. The molecule has 5 aliphatic carbocycles. The second kappa shape index (κ2) is 4.64. The summed E-state index contributed by atoms with van der Waals surface area (Å²) < 4.78 is 0. The summed E-state index contributed by atoms with van der Waals surface area (Å²) in [5.74, 6) is 5.43. The zero-order valence-electron chi connectivity index (χ0n) is 14.6. The first-order chi connectivity index (χ1) is 10.7. The third-order valence-electron chi connectivity index (χ3n) is 9.48. The summed E-state index contributed by atoms with van der Waals surface area (Å²) in [6.45, 7) is 6.98. The summed E-state index contributed by atoms with van der Waals surface area (Å²) in [5.41, 5.74) is 3.08. The van der Waals surface area contributed by atoms with Gasteiger partial charge in [-0.2, -0.15) is 0 Å². The molecule has 0 radical (unpaired) electrons. The number of allylic oxidation sites excluding steroid dienone is 1. The van der Waals surface area contributed by atoms with Crippen molar-refractivity contribution in [2.45, 2.75) is 84.0 Å². The maximum absolute atomic E-state index is 4.53. The third-order valence-corrected chi connectivity index (χ3v) is 9.48. The molecule has 0 heterocycles. The molecule has 0 aromatic rings. The van der Waals surface area contributed by atoms with E-state index in [0.717, 1.165) is 35.0 Å². The number of fused-ring (bicyclic) bond motifs is 5. The Morgan fingerprint density at radius 3 is 2.50 bits per heavy atom. The van der Waals surface area contributed by atoms with Crippen LogP contribution in [0.2, 0.25) is 0 Å². The Bertz CT molecular complexity index is 484. The molecule has 5 rings (SSSR count). The highest BCUT2D eigenvalue weighted by Crippen LogP contribution is 2.68. The van der Waals surface area contributed by atoms with Gasteiger partial charge in [0.1, 0.15) is 0 Å². The molecule has 0 heteroatoms. The summed E-state index contributed by atoms with van der Waals surface area (Å²) in [7, 11) is 0. The molecular formula is C22H34. The molecule has 0 aromatic carbocycles. The van der Waals surface area contributed by atoms with Crippen molar-refractivity contribution in [2.24, 2.45) is 40.4 Å². The van der Waals surface area contributed by atoms with Crippen LogP contribution in [0.25, 0.3) is 0 Å². The van der Waals surface area contributed by atoms with Gasteiger partial charge in [-0.05, 0) is 117 Å². The second-order valence-corrected chi connectivity index (χ2v) is 9.87. The lowest BCUT2D eigenvalue weighted by Crippen LogP contribution is -2.48. The molecule has 0 nitrogen and oxygen atoms in total. The Kier molecular flexibility index (Phi) is 2.98. The van der Waals surface area contributed by atoms with Gasteiger partial charge in [-0.15, -0.1) is 0 Å². The Morgan fingerprint density at radius 1 is 0.909 bits per heavy atom. The summed E-state index contributed by atoms with van der Waals surface area (Å²) in [6.07, 6.45) is 18.3. The molecule has 1 spiro atoms. The Hall–Kier alpha value is -0.260. The van der Waals surface area contributed by atoms with Gasteiger partial charge < -0.3 is 0 Å².